The van der Waals surface area contributed by atoms with Gasteiger partial charge in [0.2, 0.25) is 0 Å². The van der Waals surface area contributed by atoms with Crippen LogP contribution < -0.4 is 0 Å². The number of carbonyl (C=O) groups excluding carboxylic acids is 1. The Balaban J connectivity index is 1.54. The Kier molecular flexibility index (Phi) is 5.18. The van der Waals surface area contributed by atoms with E-state index in [4.69, 9.17) is 4.74 Å². The molecule has 1 aromatic carbocycles. The Labute approximate surface area is 168 Å². The number of rotatable bonds is 7. The minimum atomic E-state index is -0.205. The fourth-order valence-electron chi connectivity index (χ4n) is 3.38. The highest BCUT2D eigenvalue weighted by molar-refractivity contribution is 5.83. The predicted octanol–water partition coefficient (Wildman–Crippen LogP) is 2.68. The first kappa shape index (κ1) is 18.9. The van der Waals surface area contributed by atoms with E-state index in [0.717, 1.165) is 33.8 Å². The lowest BCUT2D eigenvalue weighted by Gasteiger charge is -2.16. The molecule has 1 atom stereocenters. The zero-order valence-corrected chi connectivity index (χ0v) is 16.6. The first-order valence-electron chi connectivity index (χ1n) is 9.39. The molecule has 8 nitrogen and oxygen atoms in total. The summed E-state index contributed by atoms with van der Waals surface area (Å²) in [4.78, 5) is 18.8. The number of hydrogen-bond acceptors (Lipinski definition) is 6. The molecular weight excluding hydrogens is 368 g/mol. The monoisotopic (exact) mass is 390 g/mol. The number of Topliss-reactive ketones (excluding diaryl/α,β-unsaturated/α-hetero) is 1. The van der Waals surface area contributed by atoms with Gasteiger partial charge < -0.3 is 4.74 Å². The summed E-state index contributed by atoms with van der Waals surface area (Å²) in [5.74, 6) is 0.101. The molecule has 4 rings (SSSR count). The molecule has 29 heavy (non-hydrogen) atoms. The molecule has 0 amide bonds. The van der Waals surface area contributed by atoms with Crippen molar-refractivity contribution in [2.45, 2.75) is 32.8 Å². The molecule has 0 unspecified atom stereocenters. The average molecular weight is 390 g/mol. The van der Waals surface area contributed by atoms with Crippen molar-refractivity contribution in [3.63, 3.8) is 0 Å². The van der Waals surface area contributed by atoms with E-state index in [1.807, 2.05) is 44.2 Å². The maximum atomic E-state index is 12.8. The zero-order valence-electron chi connectivity index (χ0n) is 16.6. The van der Waals surface area contributed by atoms with Gasteiger partial charge >= 0.3 is 0 Å². The van der Waals surface area contributed by atoms with Crippen molar-refractivity contribution >= 4 is 11.4 Å². The molecule has 0 aliphatic rings. The quantitative estimate of drug-likeness (QED) is 0.482. The summed E-state index contributed by atoms with van der Waals surface area (Å²) in [5.41, 5.74) is 5.11. The molecule has 0 N–H and O–H groups in total. The van der Waals surface area contributed by atoms with E-state index < -0.39 is 0 Å². The van der Waals surface area contributed by atoms with Gasteiger partial charge in [-0.2, -0.15) is 20.1 Å². The van der Waals surface area contributed by atoms with Crippen molar-refractivity contribution in [3.05, 3.63) is 71.4 Å². The minimum Gasteiger partial charge on any atom is -0.375 e. The van der Waals surface area contributed by atoms with Crippen LogP contribution in [0.4, 0.5) is 0 Å². The Morgan fingerprint density at radius 2 is 1.86 bits per heavy atom. The van der Waals surface area contributed by atoms with Gasteiger partial charge in [-0.3, -0.25) is 4.79 Å². The van der Waals surface area contributed by atoms with Gasteiger partial charge in [-0.15, -0.1) is 0 Å². The fraction of sp³-hybridized carbons (Fsp3) is 0.286. The summed E-state index contributed by atoms with van der Waals surface area (Å²) in [7, 11) is 1.65. The van der Waals surface area contributed by atoms with E-state index >= 15 is 0 Å². The number of hydrogen-bond donors (Lipinski definition) is 0. The molecule has 3 aromatic heterocycles. The Hall–Kier alpha value is -3.39. The van der Waals surface area contributed by atoms with Crippen LogP contribution in [0.25, 0.3) is 11.3 Å². The Morgan fingerprint density at radius 3 is 2.55 bits per heavy atom. The van der Waals surface area contributed by atoms with E-state index in [1.54, 1.807) is 30.2 Å². The molecule has 0 aliphatic heterocycles. The van der Waals surface area contributed by atoms with Crippen molar-refractivity contribution in [2.24, 2.45) is 0 Å². The highest BCUT2D eigenvalue weighted by Crippen LogP contribution is 2.22. The van der Waals surface area contributed by atoms with Crippen LogP contribution in [0.1, 0.15) is 35.5 Å². The van der Waals surface area contributed by atoms with Crippen LogP contribution in [-0.2, 0) is 22.4 Å². The molecule has 0 aliphatic carbocycles. The van der Waals surface area contributed by atoms with E-state index in [-0.39, 0.29) is 18.3 Å². The van der Waals surface area contributed by atoms with Crippen LogP contribution in [0.2, 0.25) is 0 Å². The number of methoxy groups -OCH3 is 1. The van der Waals surface area contributed by atoms with Crippen LogP contribution in [0.15, 0.2) is 48.9 Å². The van der Waals surface area contributed by atoms with Crippen molar-refractivity contribution in [1.29, 1.82) is 0 Å². The highest BCUT2D eigenvalue weighted by Gasteiger charge is 2.19. The lowest BCUT2D eigenvalue weighted by molar-refractivity contribution is -0.117. The second-order valence-electron chi connectivity index (χ2n) is 6.98. The molecule has 0 bridgehead atoms. The highest BCUT2D eigenvalue weighted by atomic mass is 16.5. The number of aryl methyl sites for hydroxylation is 1. The van der Waals surface area contributed by atoms with Gasteiger partial charge in [0.15, 0.2) is 5.65 Å². The number of fused-ring (bicyclic) bond motifs is 1. The predicted molar refractivity (Wildman–Crippen MR) is 107 cm³/mol. The van der Waals surface area contributed by atoms with Crippen molar-refractivity contribution in [2.75, 3.05) is 7.11 Å². The lowest BCUT2D eigenvalue weighted by atomic mass is 10.0. The molecule has 0 spiro atoms. The van der Waals surface area contributed by atoms with Gasteiger partial charge in [0.1, 0.15) is 5.78 Å². The van der Waals surface area contributed by atoms with Crippen LogP contribution in [0.3, 0.4) is 0 Å². The first-order valence-corrected chi connectivity index (χ1v) is 9.39. The Bertz CT molecular complexity index is 1130. The number of benzene rings is 1. The van der Waals surface area contributed by atoms with E-state index in [9.17, 15) is 4.79 Å². The number of carbonyl (C=O) groups is 1. The number of aromatic nitrogens is 6. The second kappa shape index (κ2) is 7.92. The van der Waals surface area contributed by atoms with Gasteiger partial charge in [-0.25, -0.2) is 9.50 Å². The van der Waals surface area contributed by atoms with Crippen LogP contribution >= 0.6 is 0 Å². The number of nitrogens with zero attached hydrogens (tertiary/aromatic N) is 6. The molecule has 0 radical (unpaired) electrons. The van der Waals surface area contributed by atoms with Crippen LogP contribution in [0.5, 0.6) is 0 Å². The van der Waals surface area contributed by atoms with Crippen molar-refractivity contribution < 1.29 is 9.53 Å². The summed E-state index contributed by atoms with van der Waals surface area (Å²) in [6, 6.07) is 9.57. The molecule has 4 aromatic rings. The third-order valence-corrected chi connectivity index (χ3v) is 4.84. The summed E-state index contributed by atoms with van der Waals surface area (Å²) < 4.78 is 7.30. The molecule has 8 heteroatoms. The van der Waals surface area contributed by atoms with Gasteiger partial charge in [-0.1, -0.05) is 12.1 Å². The van der Waals surface area contributed by atoms with Gasteiger partial charge in [0, 0.05) is 37.8 Å². The Morgan fingerprint density at radius 1 is 1.14 bits per heavy atom. The lowest BCUT2D eigenvalue weighted by Crippen LogP contribution is -2.15. The molecule has 3 heterocycles. The summed E-state index contributed by atoms with van der Waals surface area (Å²) in [6.45, 7) is 3.87. The molecule has 0 saturated carbocycles. The number of ketones is 1. The maximum absolute atomic E-state index is 12.8. The van der Waals surface area contributed by atoms with Crippen molar-refractivity contribution in [1.82, 2.24) is 29.6 Å². The minimum absolute atomic E-state index is 0.101. The second-order valence-corrected chi connectivity index (χ2v) is 6.98. The van der Waals surface area contributed by atoms with Gasteiger partial charge in [-0.05, 0) is 31.5 Å². The van der Waals surface area contributed by atoms with Crippen LogP contribution in [-0.4, -0.2) is 42.5 Å². The van der Waals surface area contributed by atoms with Crippen molar-refractivity contribution in [3.8, 4) is 5.69 Å². The fourth-order valence-corrected chi connectivity index (χ4v) is 3.38. The number of ether oxygens (including phenoxy) is 1. The van der Waals surface area contributed by atoms with E-state index in [1.165, 1.54) is 4.80 Å². The topological polar surface area (TPSA) is 87.2 Å². The van der Waals surface area contributed by atoms with Gasteiger partial charge in [0.05, 0.1) is 35.6 Å². The zero-order chi connectivity index (χ0) is 20.4. The first-order chi connectivity index (χ1) is 14.0. The molecule has 0 fully saturated rings. The van der Waals surface area contributed by atoms with E-state index in [0.29, 0.717) is 6.42 Å². The van der Waals surface area contributed by atoms with Crippen LogP contribution in [0, 0.1) is 6.92 Å². The smallest absolute Gasteiger partial charge is 0.155 e. The summed E-state index contributed by atoms with van der Waals surface area (Å²) >= 11 is 0. The summed E-state index contributed by atoms with van der Waals surface area (Å²) in [6.07, 6.45) is 5.41. The third kappa shape index (κ3) is 3.93. The molecule has 148 valence electrons. The SMILES string of the molecule is CO[C@@H](C)c1c(CC(=O)Cc2ccc(-n3nccn3)cc2)cnc2cc(C)nn12. The summed E-state index contributed by atoms with van der Waals surface area (Å²) in [5, 5.41) is 12.7. The molecular formula is C21H22N6O2. The van der Waals surface area contributed by atoms with Gasteiger partial charge in [0.25, 0.3) is 0 Å². The maximum Gasteiger partial charge on any atom is 0.155 e. The molecule has 0 saturated heterocycles. The normalized spacial score (nSPS) is 12.4. The average Bonchev–Trinajstić information content (AvgIpc) is 3.37. The van der Waals surface area contributed by atoms with E-state index in [2.05, 4.69) is 20.3 Å². The third-order valence-electron chi connectivity index (χ3n) is 4.84. The standard InChI is InChI=1S/C21H22N6O2/c1-14-10-20-22-13-17(21(15(2)29-3)26(20)25-14)12-19(28)11-16-4-6-18(7-5-16)27-23-8-9-24-27/h4-10,13,15H,11-12H2,1-3H3/t15-/m0/s1. The largest absolute Gasteiger partial charge is 0.375 e.